The molecule has 0 aromatic heterocycles. The zero-order chi connectivity index (χ0) is 38.1. The predicted octanol–water partition coefficient (Wildman–Crippen LogP) is -6.67. The Bertz CT molecular complexity index is 1730. The molecule has 0 amide bonds. The Labute approximate surface area is 279 Å². The monoisotopic (exact) mass is 817 g/mol. The Kier molecular flexibility index (Phi) is 13.2. The van der Waals surface area contributed by atoms with Crippen molar-refractivity contribution in [2.45, 2.75) is 73.6 Å². The number of aliphatic carboxylic acids is 2. The molecule has 3 rings (SSSR count). The van der Waals surface area contributed by atoms with Crippen LogP contribution >= 0.6 is 0 Å². The largest absolute Gasteiger partial charge is 0.479 e. The fourth-order valence-electron chi connectivity index (χ4n) is 4.60. The van der Waals surface area contributed by atoms with Crippen LogP contribution in [0.4, 0.5) is 0 Å². The first-order valence-corrected chi connectivity index (χ1v) is 18.3. The van der Waals surface area contributed by atoms with Crippen LogP contribution in [0.1, 0.15) is 0 Å². The van der Waals surface area contributed by atoms with E-state index < -0.39 is 146 Å². The van der Waals surface area contributed by atoms with Crippen molar-refractivity contribution in [2.24, 2.45) is 0 Å². The lowest BCUT2D eigenvalue weighted by atomic mass is 9.96. The molecule has 0 aromatic carbocycles. The molecule has 0 saturated carbocycles. The molecule has 3 heterocycles. The molecule has 0 aromatic rings. The Morgan fingerprint density at radius 2 is 1.38 bits per heavy atom. The van der Waals surface area contributed by atoms with Gasteiger partial charge in [0.1, 0.15) is 48.8 Å². The van der Waals surface area contributed by atoms with Gasteiger partial charge in [0.15, 0.2) is 18.5 Å². The maximum atomic E-state index is 11.9. The number of carboxylic acid groups (broad SMARTS) is 2. The topological polar surface area (TPSA) is 439 Å². The van der Waals surface area contributed by atoms with Crippen LogP contribution < -0.4 is 4.72 Å². The molecule has 290 valence electrons. The van der Waals surface area contributed by atoms with Gasteiger partial charge in [0.25, 0.3) is 0 Å². The fraction of sp³-hybridized carbons (Fsp3) is 0.778. The lowest BCUT2D eigenvalue weighted by Gasteiger charge is -2.47. The number of carboxylic acids is 2. The van der Waals surface area contributed by atoms with Gasteiger partial charge in [-0.25, -0.2) is 22.1 Å². The second kappa shape index (κ2) is 15.7. The molecule has 0 aliphatic carbocycles. The van der Waals surface area contributed by atoms with Crippen molar-refractivity contribution < 1.29 is 123 Å². The summed E-state index contributed by atoms with van der Waals surface area (Å²) >= 11 is 0. The summed E-state index contributed by atoms with van der Waals surface area (Å²) in [6, 6.07) is -2.52. The number of rotatable bonds is 15. The number of carbonyl (C=O) groups is 2. The van der Waals surface area contributed by atoms with Gasteiger partial charge in [-0.3, -0.25) is 18.2 Å². The fourth-order valence-corrected chi connectivity index (χ4v) is 6.47. The molecule has 2 fully saturated rings. The molecule has 0 spiro atoms. The second-order valence-electron chi connectivity index (χ2n) is 10.0. The number of aliphatic hydroxyl groups excluding tert-OH is 3. The van der Waals surface area contributed by atoms with E-state index in [9.17, 15) is 73.3 Å². The standard InChI is InChI=1S/C18H27NO27S4/c20-4-1-5(15(23)24)41-18(11(4)46-50(36,37)38)43-12-7(3-40-48(30,31)32)42-17(8(10(12)22)19-47(27,28)29)44-13-9(21)6(45-49(33,34)35)2-39-14(13)16(25)26/h1,4,6-14,17-22H,2-3H2,(H,23,24)(H,25,26)(H,27,28,29)(H,30,31,32)(H,33,34,35)(H,36,37,38)/t4-,6-,7+,8+,9+,10+,11+,12+,13-,14+,17+,18-/m0/s1. The summed E-state index contributed by atoms with van der Waals surface area (Å²) in [5.41, 5.74) is 0. The number of aliphatic hydroxyl groups is 3. The summed E-state index contributed by atoms with van der Waals surface area (Å²) in [5.74, 6) is -5.06. The number of ether oxygens (including phenoxy) is 5. The van der Waals surface area contributed by atoms with Crippen LogP contribution in [0.5, 0.6) is 0 Å². The molecular weight excluding hydrogens is 790 g/mol. The average Bonchev–Trinajstić information content (AvgIpc) is 2.92. The zero-order valence-corrected chi connectivity index (χ0v) is 27.2. The predicted molar refractivity (Wildman–Crippen MR) is 143 cm³/mol. The second-order valence-corrected chi connectivity index (χ2v) is 14.4. The van der Waals surface area contributed by atoms with E-state index in [0.29, 0.717) is 6.08 Å². The normalized spacial score (nSPS) is 35.9. The van der Waals surface area contributed by atoms with Crippen molar-refractivity contribution in [1.29, 1.82) is 0 Å². The molecule has 12 atom stereocenters. The highest BCUT2D eigenvalue weighted by Crippen LogP contribution is 2.33. The Morgan fingerprint density at radius 1 is 0.800 bits per heavy atom. The maximum Gasteiger partial charge on any atom is 0.397 e. The molecule has 10 N–H and O–H groups in total. The minimum atomic E-state index is -5.54. The first-order chi connectivity index (χ1) is 22.7. The van der Waals surface area contributed by atoms with E-state index in [4.69, 9.17) is 37.3 Å². The number of nitrogens with one attached hydrogen (secondary N) is 1. The summed E-state index contributed by atoms with van der Waals surface area (Å²) in [5, 5.41) is 51.0. The van der Waals surface area contributed by atoms with Crippen LogP contribution in [0, 0.1) is 0 Å². The van der Waals surface area contributed by atoms with Gasteiger partial charge in [0.2, 0.25) is 12.0 Å². The maximum absolute atomic E-state index is 11.9. The number of hydrogen-bond acceptors (Lipinski definition) is 21. The van der Waals surface area contributed by atoms with Crippen LogP contribution in [0.15, 0.2) is 11.8 Å². The third kappa shape index (κ3) is 11.9. The minimum Gasteiger partial charge on any atom is -0.479 e. The van der Waals surface area contributed by atoms with Crippen LogP contribution in [-0.4, -0.2) is 176 Å². The van der Waals surface area contributed by atoms with Crippen LogP contribution in [0.2, 0.25) is 0 Å². The van der Waals surface area contributed by atoms with E-state index in [1.165, 1.54) is 4.72 Å². The van der Waals surface area contributed by atoms with E-state index >= 15 is 0 Å². The number of hydrogen-bond donors (Lipinski definition) is 10. The van der Waals surface area contributed by atoms with E-state index in [1.54, 1.807) is 0 Å². The van der Waals surface area contributed by atoms with Crippen molar-refractivity contribution >= 4 is 53.4 Å². The summed E-state index contributed by atoms with van der Waals surface area (Å²) < 4.78 is 168. The Morgan fingerprint density at radius 3 is 1.88 bits per heavy atom. The minimum absolute atomic E-state index is 0.354. The van der Waals surface area contributed by atoms with Crippen molar-refractivity contribution in [3.05, 3.63) is 11.8 Å². The summed E-state index contributed by atoms with van der Waals surface area (Å²) in [7, 11) is -21.9. The van der Waals surface area contributed by atoms with Gasteiger partial charge in [-0.1, -0.05) is 0 Å². The summed E-state index contributed by atoms with van der Waals surface area (Å²) in [6.45, 7) is -2.55. The Balaban J connectivity index is 2.08. The van der Waals surface area contributed by atoms with Crippen molar-refractivity contribution in [3.63, 3.8) is 0 Å². The first-order valence-electron chi connectivity index (χ1n) is 12.8. The molecule has 0 unspecified atom stereocenters. The lowest BCUT2D eigenvalue weighted by Crippen LogP contribution is -2.68. The molecule has 3 aliphatic heterocycles. The highest BCUT2D eigenvalue weighted by molar-refractivity contribution is 7.83. The van der Waals surface area contributed by atoms with Crippen LogP contribution in [0.25, 0.3) is 0 Å². The van der Waals surface area contributed by atoms with E-state index in [2.05, 4.69) is 12.5 Å². The van der Waals surface area contributed by atoms with Gasteiger partial charge in [0.05, 0.1) is 13.2 Å². The van der Waals surface area contributed by atoms with E-state index in [-0.39, 0.29) is 0 Å². The first kappa shape index (κ1) is 42.1. The van der Waals surface area contributed by atoms with Crippen LogP contribution in [0.3, 0.4) is 0 Å². The third-order valence-electron chi connectivity index (χ3n) is 6.48. The quantitative estimate of drug-likeness (QED) is 0.0687. The molecular formula is C18H27NO27S4. The van der Waals surface area contributed by atoms with Gasteiger partial charge >= 0.3 is 53.4 Å². The van der Waals surface area contributed by atoms with Gasteiger partial charge in [-0.05, 0) is 6.08 Å². The van der Waals surface area contributed by atoms with E-state index in [1.807, 2.05) is 0 Å². The molecule has 2 saturated heterocycles. The smallest absolute Gasteiger partial charge is 0.397 e. The van der Waals surface area contributed by atoms with E-state index in [0.717, 1.165) is 0 Å². The van der Waals surface area contributed by atoms with Crippen molar-refractivity contribution in [1.82, 2.24) is 4.72 Å². The highest BCUT2D eigenvalue weighted by Gasteiger charge is 2.55. The molecule has 0 radical (unpaired) electrons. The Hall–Kier alpha value is -2.32. The molecule has 32 heteroatoms. The highest BCUT2D eigenvalue weighted by atomic mass is 32.3. The SMILES string of the molecule is O=C(O)C1=C[C@H](O)[C@@H](OS(=O)(=O)O)[C@H](O[C@H]2[C@H](O)[C@@H](NS(=O)(=O)O)[C@@H](O[C@H]3[C@H](O)[C@@H](OS(=O)(=O)O)CO[C@H]3C(=O)O)O[C@@H]2COS(=O)(=O)O)O1. The van der Waals surface area contributed by atoms with Crippen molar-refractivity contribution in [3.8, 4) is 0 Å². The van der Waals surface area contributed by atoms with Gasteiger partial charge in [-0.2, -0.15) is 38.4 Å². The summed E-state index contributed by atoms with van der Waals surface area (Å²) in [4.78, 5) is 23.4. The van der Waals surface area contributed by atoms with Gasteiger partial charge < -0.3 is 49.2 Å². The van der Waals surface area contributed by atoms with Gasteiger partial charge in [-0.15, -0.1) is 0 Å². The molecule has 3 aliphatic rings. The third-order valence-corrected chi connectivity index (χ3v) is 8.44. The van der Waals surface area contributed by atoms with Gasteiger partial charge in [0, 0.05) is 0 Å². The molecule has 50 heavy (non-hydrogen) atoms. The average molecular weight is 818 g/mol. The van der Waals surface area contributed by atoms with Crippen molar-refractivity contribution in [2.75, 3.05) is 13.2 Å². The summed E-state index contributed by atoms with van der Waals surface area (Å²) in [6.07, 6.45) is -26.3. The van der Waals surface area contributed by atoms with Crippen LogP contribution in [-0.2, 0) is 87.3 Å². The molecule has 0 bridgehead atoms. The molecule has 28 nitrogen and oxygen atoms in total. The lowest BCUT2D eigenvalue weighted by molar-refractivity contribution is -0.331. The zero-order valence-electron chi connectivity index (χ0n) is 23.9.